The van der Waals surface area contributed by atoms with Crippen molar-refractivity contribution in [2.45, 2.75) is 17.7 Å². The Labute approximate surface area is 176 Å². The number of likely N-dealkylation sites (N-methyl/N-ethyl adjacent to an activating group) is 1. The van der Waals surface area contributed by atoms with Crippen LogP contribution < -0.4 is 10.1 Å². The predicted octanol–water partition coefficient (Wildman–Crippen LogP) is 5.23. The number of thioether (sulfide) groups is 1. The topological polar surface area (TPSA) is 54.5 Å². The lowest BCUT2D eigenvalue weighted by molar-refractivity contribution is 0.207. The van der Waals surface area contributed by atoms with Gasteiger partial charge in [-0.3, -0.25) is 0 Å². The largest absolute Gasteiger partial charge is 0.492 e. The van der Waals surface area contributed by atoms with Crippen molar-refractivity contribution < 1.29 is 9.53 Å². The van der Waals surface area contributed by atoms with E-state index in [2.05, 4.69) is 10.3 Å². The Morgan fingerprint density at radius 3 is 2.69 bits per heavy atom. The predicted molar refractivity (Wildman–Crippen MR) is 119 cm³/mol. The summed E-state index contributed by atoms with van der Waals surface area (Å²) in [6.45, 7) is 2.97. The molecule has 0 aliphatic rings. The maximum absolute atomic E-state index is 12.4. The van der Waals surface area contributed by atoms with Gasteiger partial charge in [0, 0.05) is 24.7 Å². The SMILES string of the molecule is Cc1ccc(OCCN(C)C(=O)Nc2cccc(CSc3ccccn3)c2)cc1. The Morgan fingerprint density at radius 2 is 1.93 bits per heavy atom. The molecule has 3 aromatic rings. The van der Waals surface area contributed by atoms with Crippen molar-refractivity contribution >= 4 is 23.5 Å². The van der Waals surface area contributed by atoms with Crippen LogP contribution in [0.25, 0.3) is 0 Å². The Balaban J connectivity index is 1.45. The van der Waals surface area contributed by atoms with Crippen LogP contribution in [0.2, 0.25) is 0 Å². The molecule has 6 heteroatoms. The number of rotatable bonds is 8. The standard InChI is InChI=1S/C23H25N3O2S/c1-18-9-11-21(12-10-18)28-15-14-26(2)23(27)25-20-7-5-6-19(16-20)17-29-22-8-3-4-13-24-22/h3-13,16H,14-15,17H2,1-2H3,(H,25,27). The molecule has 0 fully saturated rings. The zero-order valence-electron chi connectivity index (χ0n) is 16.7. The normalized spacial score (nSPS) is 10.4. The van der Waals surface area contributed by atoms with Gasteiger partial charge < -0.3 is 15.0 Å². The molecule has 0 saturated carbocycles. The summed E-state index contributed by atoms with van der Waals surface area (Å²) in [5.74, 6) is 1.60. The molecule has 0 saturated heterocycles. The van der Waals surface area contributed by atoms with Gasteiger partial charge in [-0.15, -0.1) is 11.8 Å². The summed E-state index contributed by atoms with van der Waals surface area (Å²) in [5, 5.41) is 3.92. The highest BCUT2D eigenvalue weighted by molar-refractivity contribution is 7.98. The molecule has 0 aliphatic carbocycles. The fourth-order valence-corrected chi connectivity index (χ4v) is 3.39. The van der Waals surface area contributed by atoms with Gasteiger partial charge in [0.05, 0.1) is 11.6 Å². The number of aromatic nitrogens is 1. The Bertz CT molecular complexity index is 917. The minimum Gasteiger partial charge on any atom is -0.492 e. The summed E-state index contributed by atoms with van der Waals surface area (Å²) in [6.07, 6.45) is 1.79. The third-order valence-corrected chi connectivity index (χ3v) is 5.28. The van der Waals surface area contributed by atoms with Crippen LogP contribution in [0.3, 0.4) is 0 Å². The van der Waals surface area contributed by atoms with Gasteiger partial charge in [0.2, 0.25) is 0 Å². The molecule has 5 nitrogen and oxygen atoms in total. The van der Waals surface area contributed by atoms with Gasteiger partial charge in [-0.2, -0.15) is 0 Å². The van der Waals surface area contributed by atoms with E-state index in [-0.39, 0.29) is 6.03 Å². The van der Waals surface area contributed by atoms with Gasteiger partial charge >= 0.3 is 6.03 Å². The van der Waals surface area contributed by atoms with E-state index < -0.39 is 0 Å². The van der Waals surface area contributed by atoms with E-state index in [1.165, 1.54) is 5.56 Å². The summed E-state index contributed by atoms with van der Waals surface area (Å²) in [6, 6.07) is 21.5. The number of aryl methyl sites for hydroxylation is 1. The summed E-state index contributed by atoms with van der Waals surface area (Å²) >= 11 is 1.67. The molecule has 2 amide bonds. The van der Waals surface area contributed by atoms with Gasteiger partial charge in [-0.05, 0) is 48.9 Å². The molecule has 0 unspecified atom stereocenters. The molecule has 1 aromatic heterocycles. The fourth-order valence-electron chi connectivity index (χ4n) is 2.58. The number of amides is 2. The summed E-state index contributed by atoms with van der Waals surface area (Å²) < 4.78 is 5.69. The van der Waals surface area contributed by atoms with E-state index in [0.717, 1.165) is 27.8 Å². The first kappa shape index (κ1) is 20.7. The number of nitrogens with zero attached hydrogens (tertiary/aromatic N) is 2. The monoisotopic (exact) mass is 407 g/mol. The van der Waals surface area contributed by atoms with Crippen LogP contribution in [-0.4, -0.2) is 36.1 Å². The van der Waals surface area contributed by atoms with Crippen molar-refractivity contribution in [3.8, 4) is 5.75 Å². The summed E-state index contributed by atoms with van der Waals surface area (Å²) in [4.78, 5) is 18.4. The molecule has 1 heterocycles. The quantitative estimate of drug-likeness (QED) is 0.520. The molecule has 0 radical (unpaired) electrons. The van der Waals surface area contributed by atoms with Crippen molar-refractivity contribution in [3.05, 3.63) is 84.1 Å². The van der Waals surface area contributed by atoms with Crippen LogP contribution in [0.15, 0.2) is 78.0 Å². The number of hydrogen-bond donors (Lipinski definition) is 1. The Morgan fingerprint density at radius 1 is 1.10 bits per heavy atom. The molecule has 0 bridgehead atoms. The average Bonchev–Trinajstić information content (AvgIpc) is 2.74. The molecule has 0 spiro atoms. The maximum atomic E-state index is 12.4. The molecular weight excluding hydrogens is 382 g/mol. The van der Waals surface area contributed by atoms with E-state index in [9.17, 15) is 4.79 Å². The highest BCUT2D eigenvalue weighted by Crippen LogP contribution is 2.22. The third kappa shape index (κ3) is 6.84. The van der Waals surface area contributed by atoms with Crippen molar-refractivity contribution in [1.82, 2.24) is 9.88 Å². The molecule has 0 atom stereocenters. The van der Waals surface area contributed by atoms with Crippen molar-refractivity contribution in [2.24, 2.45) is 0 Å². The number of urea groups is 1. The summed E-state index contributed by atoms with van der Waals surface area (Å²) in [7, 11) is 1.76. The number of benzene rings is 2. The Kier molecular flexibility index (Phi) is 7.53. The Hall–Kier alpha value is -2.99. The number of carbonyl (C=O) groups excluding carboxylic acids is 1. The number of anilines is 1. The minimum absolute atomic E-state index is 0.160. The smallest absolute Gasteiger partial charge is 0.321 e. The van der Waals surface area contributed by atoms with E-state index in [1.807, 2.05) is 73.7 Å². The van der Waals surface area contributed by atoms with Crippen LogP contribution in [0.1, 0.15) is 11.1 Å². The second-order valence-electron chi connectivity index (χ2n) is 6.67. The highest BCUT2D eigenvalue weighted by Gasteiger charge is 2.09. The van der Waals surface area contributed by atoms with Crippen LogP contribution in [0.4, 0.5) is 10.5 Å². The van der Waals surface area contributed by atoms with Crippen molar-refractivity contribution in [2.75, 3.05) is 25.5 Å². The first-order chi connectivity index (χ1) is 14.1. The van der Waals surface area contributed by atoms with E-state index in [1.54, 1.807) is 29.9 Å². The van der Waals surface area contributed by atoms with Crippen molar-refractivity contribution in [3.63, 3.8) is 0 Å². The molecule has 150 valence electrons. The first-order valence-corrected chi connectivity index (χ1v) is 10.4. The van der Waals surface area contributed by atoms with Crippen LogP contribution >= 0.6 is 11.8 Å². The third-order valence-electron chi connectivity index (χ3n) is 4.27. The second-order valence-corrected chi connectivity index (χ2v) is 7.67. The van der Waals surface area contributed by atoms with Gasteiger partial charge in [0.1, 0.15) is 12.4 Å². The summed E-state index contributed by atoms with van der Waals surface area (Å²) in [5.41, 5.74) is 3.10. The fraction of sp³-hybridized carbons (Fsp3) is 0.217. The number of nitrogens with one attached hydrogen (secondary N) is 1. The highest BCUT2D eigenvalue weighted by atomic mass is 32.2. The zero-order valence-corrected chi connectivity index (χ0v) is 17.5. The van der Waals surface area contributed by atoms with E-state index >= 15 is 0 Å². The van der Waals surface area contributed by atoms with Gasteiger partial charge in [0.15, 0.2) is 0 Å². The van der Waals surface area contributed by atoms with E-state index in [0.29, 0.717) is 13.2 Å². The van der Waals surface area contributed by atoms with E-state index in [4.69, 9.17) is 4.74 Å². The zero-order chi connectivity index (χ0) is 20.5. The average molecular weight is 408 g/mol. The lowest BCUT2D eigenvalue weighted by Gasteiger charge is -2.18. The number of hydrogen-bond acceptors (Lipinski definition) is 4. The number of pyridine rings is 1. The number of ether oxygens (including phenoxy) is 1. The lowest BCUT2D eigenvalue weighted by Crippen LogP contribution is -2.34. The van der Waals surface area contributed by atoms with Gasteiger partial charge in [0.25, 0.3) is 0 Å². The molecule has 1 N–H and O–H groups in total. The second kappa shape index (κ2) is 10.5. The molecule has 2 aromatic carbocycles. The van der Waals surface area contributed by atoms with Crippen LogP contribution in [0.5, 0.6) is 5.75 Å². The molecule has 3 rings (SSSR count). The minimum atomic E-state index is -0.160. The first-order valence-electron chi connectivity index (χ1n) is 9.44. The molecule has 0 aliphatic heterocycles. The maximum Gasteiger partial charge on any atom is 0.321 e. The lowest BCUT2D eigenvalue weighted by atomic mass is 10.2. The van der Waals surface area contributed by atoms with Crippen molar-refractivity contribution in [1.29, 1.82) is 0 Å². The van der Waals surface area contributed by atoms with Crippen LogP contribution in [0, 0.1) is 6.92 Å². The van der Waals surface area contributed by atoms with Crippen LogP contribution in [-0.2, 0) is 5.75 Å². The van der Waals surface area contributed by atoms with Gasteiger partial charge in [-0.1, -0.05) is 35.9 Å². The number of carbonyl (C=O) groups is 1. The van der Waals surface area contributed by atoms with Gasteiger partial charge in [-0.25, -0.2) is 9.78 Å². The molecular formula is C23H25N3O2S. The molecule has 29 heavy (non-hydrogen) atoms.